The van der Waals surface area contributed by atoms with Crippen molar-refractivity contribution in [3.63, 3.8) is 0 Å². The van der Waals surface area contributed by atoms with Gasteiger partial charge in [-0.05, 0) is 12.0 Å². The molecule has 1 nitrogen and oxygen atoms in total. The quantitative estimate of drug-likeness (QED) is 0.682. The summed E-state index contributed by atoms with van der Waals surface area (Å²) in [7, 11) is 4.05. The summed E-state index contributed by atoms with van der Waals surface area (Å²) >= 11 is 0. The van der Waals surface area contributed by atoms with E-state index in [9.17, 15) is 0 Å². The van der Waals surface area contributed by atoms with E-state index in [1.165, 1.54) is 11.1 Å². The van der Waals surface area contributed by atoms with Crippen molar-refractivity contribution < 1.29 is 0 Å². The van der Waals surface area contributed by atoms with Crippen LogP contribution in [0.4, 0.5) is 0 Å². The maximum absolute atomic E-state index is 4.06. The number of aryl methyl sites for hydroxylation is 1. The Balaban J connectivity index is 3.06. The van der Waals surface area contributed by atoms with Gasteiger partial charge in [0.2, 0.25) is 0 Å². The van der Waals surface area contributed by atoms with Gasteiger partial charge in [-0.15, -0.1) is 0 Å². The number of rotatable bonds is 3. The Morgan fingerprint density at radius 1 is 1.31 bits per heavy atom. The van der Waals surface area contributed by atoms with Gasteiger partial charge in [-0.1, -0.05) is 37.8 Å². The van der Waals surface area contributed by atoms with Crippen LogP contribution in [-0.4, -0.2) is 19.0 Å². The molecule has 0 fully saturated rings. The van der Waals surface area contributed by atoms with E-state index in [4.69, 9.17) is 0 Å². The van der Waals surface area contributed by atoms with Crippen molar-refractivity contribution >= 4 is 5.70 Å². The number of hydrogen-bond acceptors (Lipinski definition) is 1. The van der Waals surface area contributed by atoms with Crippen molar-refractivity contribution in [1.82, 2.24) is 4.90 Å². The Bertz CT molecular complexity index is 300. The van der Waals surface area contributed by atoms with Crippen molar-refractivity contribution in [1.29, 1.82) is 0 Å². The van der Waals surface area contributed by atoms with Crippen LogP contribution in [0.15, 0.2) is 30.8 Å². The fraction of sp³-hybridized carbons (Fsp3) is 0.333. The van der Waals surface area contributed by atoms with E-state index in [0.717, 1.165) is 12.1 Å². The molecule has 1 rings (SSSR count). The summed E-state index contributed by atoms with van der Waals surface area (Å²) in [6.45, 7) is 6.23. The standard InChI is InChI=1S/C12H17N/c1-5-11-8-6-7-9-12(11)10(2)13(3)4/h6-9H,2,5H2,1,3-4H3. The van der Waals surface area contributed by atoms with Crippen LogP contribution in [-0.2, 0) is 6.42 Å². The summed E-state index contributed by atoms with van der Waals surface area (Å²) in [6.07, 6.45) is 1.06. The molecular formula is C12H17N. The highest BCUT2D eigenvalue weighted by molar-refractivity contribution is 5.64. The molecule has 0 radical (unpaired) electrons. The van der Waals surface area contributed by atoms with Crippen LogP contribution in [0, 0.1) is 0 Å². The fourth-order valence-electron chi connectivity index (χ4n) is 1.35. The van der Waals surface area contributed by atoms with Gasteiger partial charge in [0.1, 0.15) is 0 Å². The van der Waals surface area contributed by atoms with Crippen molar-refractivity contribution in [3.05, 3.63) is 42.0 Å². The summed E-state index contributed by atoms with van der Waals surface area (Å²) in [5, 5.41) is 0. The summed E-state index contributed by atoms with van der Waals surface area (Å²) in [5.41, 5.74) is 3.70. The minimum Gasteiger partial charge on any atom is -0.378 e. The van der Waals surface area contributed by atoms with Crippen LogP contribution in [0.2, 0.25) is 0 Å². The topological polar surface area (TPSA) is 3.24 Å². The third-order valence-corrected chi connectivity index (χ3v) is 2.25. The van der Waals surface area contributed by atoms with Crippen LogP contribution >= 0.6 is 0 Å². The zero-order valence-electron chi connectivity index (χ0n) is 8.67. The first-order valence-corrected chi connectivity index (χ1v) is 4.61. The Morgan fingerprint density at radius 3 is 2.46 bits per heavy atom. The highest BCUT2D eigenvalue weighted by Crippen LogP contribution is 2.19. The molecule has 0 amide bonds. The van der Waals surface area contributed by atoms with Gasteiger partial charge in [0.25, 0.3) is 0 Å². The Hall–Kier alpha value is -1.24. The molecule has 13 heavy (non-hydrogen) atoms. The van der Waals surface area contributed by atoms with E-state index in [0.29, 0.717) is 0 Å². The van der Waals surface area contributed by atoms with Gasteiger partial charge < -0.3 is 4.90 Å². The van der Waals surface area contributed by atoms with Gasteiger partial charge >= 0.3 is 0 Å². The van der Waals surface area contributed by atoms with Gasteiger partial charge in [-0.25, -0.2) is 0 Å². The van der Waals surface area contributed by atoms with E-state index in [1.54, 1.807) is 0 Å². The molecule has 0 aliphatic heterocycles. The Labute approximate surface area is 80.7 Å². The van der Waals surface area contributed by atoms with Gasteiger partial charge in [-0.3, -0.25) is 0 Å². The second-order valence-corrected chi connectivity index (χ2v) is 3.35. The lowest BCUT2D eigenvalue weighted by atomic mass is 10.0. The van der Waals surface area contributed by atoms with Crippen LogP contribution < -0.4 is 0 Å². The summed E-state index contributed by atoms with van der Waals surface area (Å²) in [6, 6.07) is 8.42. The zero-order valence-corrected chi connectivity index (χ0v) is 8.67. The van der Waals surface area contributed by atoms with Crippen molar-refractivity contribution in [2.24, 2.45) is 0 Å². The van der Waals surface area contributed by atoms with Crippen LogP contribution in [0.25, 0.3) is 5.70 Å². The van der Waals surface area contributed by atoms with Crippen LogP contribution in [0.3, 0.4) is 0 Å². The summed E-state index contributed by atoms with van der Waals surface area (Å²) in [4.78, 5) is 2.05. The molecule has 1 aromatic rings. The highest BCUT2D eigenvalue weighted by atomic mass is 15.1. The molecule has 0 bridgehead atoms. The number of nitrogens with zero attached hydrogens (tertiary/aromatic N) is 1. The van der Waals surface area contributed by atoms with Crippen molar-refractivity contribution in [3.8, 4) is 0 Å². The third-order valence-electron chi connectivity index (χ3n) is 2.25. The third kappa shape index (κ3) is 2.11. The molecule has 0 N–H and O–H groups in total. The molecule has 1 aromatic carbocycles. The Morgan fingerprint density at radius 2 is 1.92 bits per heavy atom. The highest BCUT2D eigenvalue weighted by Gasteiger charge is 2.04. The molecule has 0 atom stereocenters. The van der Waals surface area contributed by atoms with Gasteiger partial charge in [0.05, 0.1) is 0 Å². The zero-order chi connectivity index (χ0) is 9.84. The maximum Gasteiger partial charge on any atom is 0.0364 e. The SMILES string of the molecule is C=C(c1ccccc1CC)N(C)C. The molecular weight excluding hydrogens is 158 g/mol. The second-order valence-electron chi connectivity index (χ2n) is 3.35. The molecule has 70 valence electrons. The van der Waals surface area contributed by atoms with E-state index < -0.39 is 0 Å². The lowest BCUT2D eigenvalue weighted by molar-refractivity contribution is 0.592. The van der Waals surface area contributed by atoms with Gasteiger partial charge in [0, 0.05) is 25.4 Å². The maximum atomic E-state index is 4.06. The Kier molecular flexibility index (Phi) is 3.13. The molecule has 0 aliphatic rings. The molecule has 0 saturated heterocycles. The molecule has 0 unspecified atom stereocenters. The minimum atomic E-state index is 1.06. The fourth-order valence-corrected chi connectivity index (χ4v) is 1.35. The normalized spacial score (nSPS) is 9.77. The largest absolute Gasteiger partial charge is 0.378 e. The van der Waals surface area contributed by atoms with Gasteiger partial charge in [0.15, 0.2) is 0 Å². The first kappa shape index (κ1) is 9.85. The average molecular weight is 175 g/mol. The first-order valence-electron chi connectivity index (χ1n) is 4.61. The lowest BCUT2D eigenvalue weighted by Crippen LogP contribution is -2.10. The van der Waals surface area contributed by atoms with E-state index >= 15 is 0 Å². The lowest BCUT2D eigenvalue weighted by Gasteiger charge is -2.18. The van der Waals surface area contributed by atoms with Crippen molar-refractivity contribution in [2.75, 3.05) is 14.1 Å². The monoisotopic (exact) mass is 175 g/mol. The average Bonchev–Trinajstić information content (AvgIpc) is 2.16. The predicted molar refractivity (Wildman–Crippen MR) is 58.5 cm³/mol. The number of benzene rings is 1. The van der Waals surface area contributed by atoms with E-state index in [2.05, 4.69) is 42.7 Å². The van der Waals surface area contributed by atoms with E-state index in [-0.39, 0.29) is 0 Å². The number of hydrogen-bond donors (Lipinski definition) is 0. The molecule has 0 aliphatic carbocycles. The predicted octanol–water partition coefficient (Wildman–Crippen LogP) is 2.78. The molecule has 1 heteroatoms. The van der Waals surface area contributed by atoms with E-state index in [1.807, 2.05) is 14.1 Å². The summed E-state index contributed by atoms with van der Waals surface area (Å²) in [5.74, 6) is 0. The smallest absolute Gasteiger partial charge is 0.0364 e. The van der Waals surface area contributed by atoms with Crippen LogP contribution in [0.5, 0.6) is 0 Å². The second kappa shape index (κ2) is 4.13. The van der Waals surface area contributed by atoms with Crippen molar-refractivity contribution in [2.45, 2.75) is 13.3 Å². The molecule has 0 heterocycles. The molecule has 0 saturated carbocycles. The molecule has 0 aromatic heterocycles. The first-order chi connectivity index (χ1) is 6.16. The van der Waals surface area contributed by atoms with Crippen LogP contribution in [0.1, 0.15) is 18.1 Å². The van der Waals surface area contributed by atoms with Gasteiger partial charge in [-0.2, -0.15) is 0 Å². The minimum absolute atomic E-state index is 1.06. The molecule has 0 spiro atoms. The summed E-state index contributed by atoms with van der Waals surface area (Å²) < 4.78 is 0.